The van der Waals surface area contributed by atoms with Crippen molar-refractivity contribution in [2.24, 2.45) is 11.5 Å². The highest BCUT2D eigenvalue weighted by molar-refractivity contribution is 5.93. The van der Waals surface area contributed by atoms with Crippen molar-refractivity contribution in [3.8, 4) is 0 Å². The van der Waals surface area contributed by atoms with E-state index in [-0.39, 0.29) is 12.1 Å². The molecule has 1 saturated heterocycles. The number of anilines is 1. The number of hydrogen-bond donors (Lipinski definition) is 3. The van der Waals surface area contributed by atoms with Gasteiger partial charge in [-0.15, -0.1) is 0 Å². The van der Waals surface area contributed by atoms with E-state index in [1.807, 2.05) is 25.1 Å². The van der Waals surface area contributed by atoms with Crippen molar-refractivity contribution in [2.45, 2.75) is 31.8 Å². The average molecular weight is 276 g/mol. The summed E-state index contributed by atoms with van der Waals surface area (Å²) in [6.45, 7) is 2.43. The van der Waals surface area contributed by atoms with E-state index < -0.39 is 11.9 Å². The van der Waals surface area contributed by atoms with Gasteiger partial charge in [-0.3, -0.25) is 4.79 Å². The van der Waals surface area contributed by atoms with Gasteiger partial charge in [0.2, 0.25) is 5.91 Å². The van der Waals surface area contributed by atoms with Crippen molar-refractivity contribution in [1.29, 1.82) is 0 Å². The Kier molecular flexibility index (Phi) is 4.24. The molecule has 0 aliphatic carbocycles. The third-order valence-electron chi connectivity index (χ3n) is 3.51. The Bertz CT molecular complexity index is 516. The molecule has 6 heteroatoms. The topological polar surface area (TPSA) is 101 Å². The first-order valence-electron chi connectivity index (χ1n) is 6.71. The largest absolute Gasteiger partial charge is 0.368 e. The molecule has 20 heavy (non-hydrogen) atoms. The molecule has 2 atom stereocenters. The van der Waals surface area contributed by atoms with Gasteiger partial charge >= 0.3 is 6.03 Å². The van der Waals surface area contributed by atoms with Crippen LogP contribution in [0.2, 0.25) is 0 Å². The van der Waals surface area contributed by atoms with Gasteiger partial charge in [0.1, 0.15) is 6.04 Å². The Morgan fingerprint density at radius 1 is 1.45 bits per heavy atom. The lowest BCUT2D eigenvalue weighted by Crippen LogP contribution is -2.45. The van der Waals surface area contributed by atoms with Gasteiger partial charge in [-0.2, -0.15) is 0 Å². The number of amides is 3. The van der Waals surface area contributed by atoms with E-state index in [2.05, 4.69) is 5.32 Å². The molecular formula is C14H20N4O2. The normalized spacial score (nSPS) is 19.7. The number of nitrogens with zero attached hydrogens (tertiary/aromatic N) is 1. The van der Waals surface area contributed by atoms with Crippen LogP contribution < -0.4 is 16.8 Å². The minimum absolute atomic E-state index is 0.1000. The summed E-state index contributed by atoms with van der Waals surface area (Å²) < 4.78 is 0. The molecule has 1 fully saturated rings. The number of carbonyl (C=O) groups excluding carboxylic acids is 2. The lowest BCUT2D eigenvalue weighted by Gasteiger charge is -2.22. The third-order valence-corrected chi connectivity index (χ3v) is 3.51. The van der Waals surface area contributed by atoms with Crippen LogP contribution in [0.4, 0.5) is 10.5 Å². The molecule has 1 heterocycles. The van der Waals surface area contributed by atoms with Crippen LogP contribution >= 0.6 is 0 Å². The maximum Gasteiger partial charge on any atom is 0.322 e. The van der Waals surface area contributed by atoms with Crippen LogP contribution in [0, 0.1) is 0 Å². The summed E-state index contributed by atoms with van der Waals surface area (Å²) in [5.74, 6) is -0.456. The fourth-order valence-electron chi connectivity index (χ4n) is 2.40. The molecule has 0 radical (unpaired) electrons. The zero-order chi connectivity index (χ0) is 14.7. The number of carbonyl (C=O) groups is 2. The summed E-state index contributed by atoms with van der Waals surface area (Å²) in [7, 11) is 0. The molecule has 2 unspecified atom stereocenters. The van der Waals surface area contributed by atoms with Gasteiger partial charge in [0.05, 0.1) is 0 Å². The zero-order valence-electron chi connectivity index (χ0n) is 11.5. The second kappa shape index (κ2) is 5.92. The van der Waals surface area contributed by atoms with Crippen molar-refractivity contribution in [3.63, 3.8) is 0 Å². The number of nitrogens with one attached hydrogen (secondary N) is 1. The summed E-state index contributed by atoms with van der Waals surface area (Å²) in [4.78, 5) is 25.0. The number of benzene rings is 1. The molecule has 0 spiro atoms. The van der Waals surface area contributed by atoms with E-state index in [9.17, 15) is 9.59 Å². The van der Waals surface area contributed by atoms with Crippen LogP contribution in [0.15, 0.2) is 24.3 Å². The molecule has 1 aliphatic rings. The first-order chi connectivity index (χ1) is 9.49. The van der Waals surface area contributed by atoms with E-state index in [0.29, 0.717) is 18.7 Å². The van der Waals surface area contributed by atoms with Gasteiger partial charge in [0.15, 0.2) is 0 Å². The fourth-order valence-corrected chi connectivity index (χ4v) is 2.40. The minimum atomic E-state index is -0.508. The maximum atomic E-state index is 12.2. The van der Waals surface area contributed by atoms with Crippen LogP contribution in [-0.4, -0.2) is 29.4 Å². The predicted octanol–water partition coefficient (Wildman–Crippen LogP) is 1.19. The zero-order valence-corrected chi connectivity index (χ0v) is 11.5. The van der Waals surface area contributed by atoms with Crippen molar-refractivity contribution < 1.29 is 9.59 Å². The number of urea groups is 1. The number of likely N-dealkylation sites (tertiary alicyclic amines) is 1. The SMILES string of the molecule is CC(N)c1cccc(NC(=O)N2CCCC2C(N)=O)c1. The Labute approximate surface area is 118 Å². The Hall–Kier alpha value is -2.08. The van der Waals surface area contributed by atoms with E-state index in [0.717, 1.165) is 12.0 Å². The predicted molar refractivity (Wildman–Crippen MR) is 77.0 cm³/mol. The van der Waals surface area contributed by atoms with Gasteiger partial charge in [-0.05, 0) is 37.5 Å². The summed E-state index contributed by atoms with van der Waals surface area (Å²) in [5.41, 5.74) is 12.7. The van der Waals surface area contributed by atoms with Crippen molar-refractivity contribution in [3.05, 3.63) is 29.8 Å². The first kappa shape index (κ1) is 14.3. The molecular weight excluding hydrogens is 256 g/mol. The summed E-state index contributed by atoms with van der Waals surface area (Å²) in [6.07, 6.45) is 1.42. The van der Waals surface area contributed by atoms with Crippen LogP contribution in [-0.2, 0) is 4.79 Å². The number of primary amides is 1. The van der Waals surface area contributed by atoms with E-state index in [4.69, 9.17) is 11.5 Å². The smallest absolute Gasteiger partial charge is 0.322 e. The molecule has 3 amide bonds. The van der Waals surface area contributed by atoms with Gasteiger partial charge in [-0.25, -0.2) is 4.79 Å². The van der Waals surface area contributed by atoms with E-state index in [1.165, 1.54) is 4.90 Å². The maximum absolute atomic E-state index is 12.2. The highest BCUT2D eigenvalue weighted by Gasteiger charge is 2.32. The summed E-state index contributed by atoms with van der Waals surface area (Å²) >= 11 is 0. The molecule has 0 bridgehead atoms. The lowest BCUT2D eigenvalue weighted by atomic mass is 10.1. The molecule has 6 nitrogen and oxygen atoms in total. The second-order valence-electron chi connectivity index (χ2n) is 5.10. The molecule has 0 saturated carbocycles. The average Bonchev–Trinajstić information content (AvgIpc) is 2.88. The van der Waals surface area contributed by atoms with Crippen LogP contribution in [0.5, 0.6) is 0 Å². The second-order valence-corrected chi connectivity index (χ2v) is 5.10. The molecule has 5 N–H and O–H groups in total. The molecule has 1 aromatic carbocycles. The van der Waals surface area contributed by atoms with Crippen molar-refractivity contribution in [1.82, 2.24) is 4.90 Å². The highest BCUT2D eigenvalue weighted by atomic mass is 16.2. The molecule has 2 rings (SSSR count). The standard InChI is InChI=1S/C14H20N4O2/c1-9(15)10-4-2-5-11(8-10)17-14(20)18-7-3-6-12(18)13(16)19/h2,4-5,8-9,12H,3,6-7,15H2,1H3,(H2,16,19)(H,17,20). The third kappa shape index (κ3) is 3.08. The molecule has 0 aromatic heterocycles. The minimum Gasteiger partial charge on any atom is -0.368 e. The quantitative estimate of drug-likeness (QED) is 0.772. The Balaban J connectivity index is 2.08. The summed E-state index contributed by atoms with van der Waals surface area (Å²) in [6, 6.07) is 6.46. The van der Waals surface area contributed by atoms with Gasteiger partial charge in [0, 0.05) is 18.3 Å². The van der Waals surface area contributed by atoms with Crippen molar-refractivity contribution in [2.75, 3.05) is 11.9 Å². The van der Waals surface area contributed by atoms with E-state index >= 15 is 0 Å². The van der Waals surface area contributed by atoms with Gasteiger partial charge in [0.25, 0.3) is 0 Å². The molecule has 108 valence electrons. The van der Waals surface area contributed by atoms with Crippen LogP contribution in [0.3, 0.4) is 0 Å². The number of nitrogens with two attached hydrogens (primary N) is 2. The highest BCUT2D eigenvalue weighted by Crippen LogP contribution is 2.20. The van der Waals surface area contributed by atoms with Crippen LogP contribution in [0.25, 0.3) is 0 Å². The monoisotopic (exact) mass is 276 g/mol. The number of rotatable bonds is 3. The Morgan fingerprint density at radius 3 is 2.85 bits per heavy atom. The Morgan fingerprint density at radius 2 is 2.20 bits per heavy atom. The fraction of sp³-hybridized carbons (Fsp3) is 0.429. The van der Waals surface area contributed by atoms with E-state index in [1.54, 1.807) is 6.07 Å². The number of hydrogen-bond acceptors (Lipinski definition) is 3. The van der Waals surface area contributed by atoms with Gasteiger partial charge < -0.3 is 21.7 Å². The van der Waals surface area contributed by atoms with Gasteiger partial charge in [-0.1, -0.05) is 12.1 Å². The molecule has 1 aliphatic heterocycles. The first-order valence-corrected chi connectivity index (χ1v) is 6.71. The van der Waals surface area contributed by atoms with Crippen molar-refractivity contribution >= 4 is 17.6 Å². The summed E-state index contributed by atoms with van der Waals surface area (Å²) in [5, 5.41) is 2.79. The van der Waals surface area contributed by atoms with Crippen LogP contribution in [0.1, 0.15) is 31.4 Å². The lowest BCUT2D eigenvalue weighted by molar-refractivity contribution is -0.121. The molecule has 1 aromatic rings.